The average Bonchev–Trinajstić information content (AvgIpc) is 2.74. The number of rotatable bonds is 2. The maximum Gasteiger partial charge on any atom is 0.344 e. The van der Waals surface area contributed by atoms with E-state index in [0.717, 1.165) is 5.69 Å². The van der Waals surface area contributed by atoms with Crippen molar-refractivity contribution in [2.45, 2.75) is 26.4 Å². The summed E-state index contributed by atoms with van der Waals surface area (Å²) in [7, 11) is 0. The fraction of sp³-hybridized carbons (Fsp3) is 0.444. The van der Waals surface area contributed by atoms with Crippen LogP contribution in [0.5, 0.6) is 0 Å². The van der Waals surface area contributed by atoms with E-state index in [1.165, 1.54) is 0 Å². The largest absolute Gasteiger partial charge is 0.451 e. The summed E-state index contributed by atoms with van der Waals surface area (Å²) in [6.07, 6.45) is 0. The second-order valence-corrected chi connectivity index (χ2v) is 7.10. The van der Waals surface area contributed by atoms with Crippen LogP contribution in [0.3, 0.4) is 0 Å². The van der Waals surface area contributed by atoms with Crippen LogP contribution in [0.15, 0.2) is 35.4 Å². The van der Waals surface area contributed by atoms with Crippen molar-refractivity contribution in [2.75, 3.05) is 31.1 Å². The lowest BCUT2D eigenvalue weighted by molar-refractivity contribution is -0.146. The predicted octanol–water partition coefficient (Wildman–Crippen LogP) is 2.64. The Kier molecular flexibility index (Phi) is 4.30. The van der Waals surface area contributed by atoms with Crippen LogP contribution in [0.1, 0.15) is 20.8 Å². The van der Waals surface area contributed by atoms with Crippen molar-refractivity contribution in [3.8, 4) is 0 Å². The Morgan fingerprint density at radius 2 is 1.88 bits per heavy atom. The molecule has 0 bridgehead atoms. The van der Waals surface area contributed by atoms with Crippen molar-refractivity contribution in [3.05, 3.63) is 40.4 Å². The quantitative estimate of drug-likeness (QED) is 0.609. The number of ether oxygens (including phenoxy) is 1. The zero-order valence-corrected chi connectivity index (χ0v) is 14.9. The number of carbonyl (C=O) groups excluding carboxylic acids is 2. The third-order valence-corrected chi connectivity index (χ3v) is 5.02. The van der Waals surface area contributed by atoms with Gasteiger partial charge in [0.1, 0.15) is 11.2 Å². The lowest BCUT2D eigenvalue weighted by Gasteiger charge is -2.36. The summed E-state index contributed by atoms with van der Waals surface area (Å²) in [6.45, 7) is 7.94. The highest BCUT2D eigenvalue weighted by Gasteiger charge is 2.42. The molecule has 1 saturated heterocycles. The molecule has 1 amide bonds. The van der Waals surface area contributed by atoms with Crippen molar-refractivity contribution in [1.29, 1.82) is 0 Å². The molecule has 1 aromatic rings. The molecule has 0 unspecified atom stereocenters. The molecule has 0 atom stereocenters. The van der Waals surface area contributed by atoms with Crippen LogP contribution in [-0.4, -0.2) is 48.6 Å². The van der Waals surface area contributed by atoms with E-state index in [0.29, 0.717) is 36.8 Å². The van der Waals surface area contributed by atoms with Gasteiger partial charge in [-0.3, -0.25) is 4.79 Å². The number of carbonyl (C=O) groups is 2. The Bertz CT molecular complexity index is 719. The van der Waals surface area contributed by atoms with Gasteiger partial charge in [-0.1, -0.05) is 17.7 Å². The Balaban J connectivity index is 1.70. The maximum atomic E-state index is 12.7. The number of benzene rings is 1. The van der Waals surface area contributed by atoms with Crippen molar-refractivity contribution in [3.63, 3.8) is 0 Å². The molecule has 0 spiro atoms. The van der Waals surface area contributed by atoms with Crippen LogP contribution in [0.25, 0.3) is 0 Å². The number of hydrogen-bond donors (Lipinski definition) is 0. The van der Waals surface area contributed by atoms with Crippen molar-refractivity contribution >= 4 is 29.2 Å². The number of nitrogens with zero attached hydrogens (tertiary/aromatic N) is 2. The lowest BCUT2D eigenvalue weighted by atomic mass is 9.97. The molecule has 0 aliphatic carbocycles. The van der Waals surface area contributed by atoms with Gasteiger partial charge in [0, 0.05) is 36.9 Å². The molecular formula is C18H21ClN2O3. The number of amides is 1. The molecule has 0 radical (unpaired) electrons. The van der Waals surface area contributed by atoms with Gasteiger partial charge >= 0.3 is 5.97 Å². The van der Waals surface area contributed by atoms with E-state index in [2.05, 4.69) is 4.90 Å². The molecule has 1 fully saturated rings. The number of cyclic esters (lactones) is 1. The highest BCUT2D eigenvalue weighted by Crippen LogP contribution is 2.33. The van der Waals surface area contributed by atoms with E-state index >= 15 is 0 Å². The molecule has 0 N–H and O–H groups in total. The molecule has 5 nitrogen and oxygen atoms in total. The zero-order chi connectivity index (χ0) is 17.5. The highest BCUT2D eigenvalue weighted by atomic mass is 35.5. The fourth-order valence-corrected chi connectivity index (χ4v) is 3.24. The van der Waals surface area contributed by atoms with Gasteiger partial charge in [0.15, 0.2) is 0 Å². The van der Waals surface area contributed by atoms with E-state index in [1.807, 2.05) is 24.3 Å². The zero-order valence-electron chi connectivity index (χ0n) is 14.1. The van der Waals surface area contributed by atoms with E-state index in [-0.39, 0.29) is 11.5 Å². The average molecular weight is 349 g/mol. The van der Waals surface area contributed by atoms with Gasteiger partial charge in [-0.05, 0) is 44.5 Å². The summed E-state index contributed by atoms with van der Waals surface area (Å²) in [4.78, 5) is 28.7. The van der Waals surface area contributed by atoms with Gasteiger partial charge in [-0.25, -0.2) is 4.79 Å². The van der Waals surface area contributed by atoms with E-state index < -0.39 is 11.6 Å². The van der Waals surface area contributed by atoms with Crippen LogP contribution in [0.2, 0.25) is 5.02 Å². The summed E-state index contributed by atoms with van der Waals surface area (Å²) in [5.74, 6) is -0.742. The molecule has 2 aliphatic heterocycles. The summed E-state index contributed by atoms with van der Waals surface area (Å²) in [5, 5.41) is 0.697. The minimum absolute atomic E-state index is 0.191. The lowest BCUT2D eigenvalue weighted by Crippen LogP contribution is -2.49. The Morgan fingerprint density at radius 1 is 1.21 bits per heavy atom. The first-order valence-electron chi connectivity index (χ1n) is 8.04. The minimum atomic E-state index is -0.704. The second-order valence-electron chi connectivity index (χ2n) is 6.66. The van der Waals surface area contributed by atoms with E-state index in [4.69, 9.17) is 16.3 Å². The standard InChI is InChI=1S/C18H21ClN2O3/c1-12-15(17(23)24-18(12,2)3)16(22)21-9-7-20(8-10-21)14-6-4-5-13(19)11-14/h4-6,11H,7-10H2,1-3H3. The molecule has 6 heteroatoms. The monoisotopic (exact) mass is 348 g/mol. The minimum Gasteiger partial charge on any atom is -0.451 e. The second kappa shape index (κ2) is 6.13. The number of halogens is 1. The van der Waals surface area contributed by atoms with Crippen LogP contribution in [0, 0.1) is 0 Å². The van der Waals surface area contributed by atoms with Crippen molar-refractivity contribution in [1.82, 2.24) is 4.90 Å². The summed E-state index contributed by atoms with van der Waals surface area (Å²) < 4.78 is 5.30. The van der Waals surface area contributed by atoms with Gasteiger partial charge in [-0.15, -0.1) is 0 Å². The molecular weight excluding hydrogens is 328 g/mol. The first-order chi connectivity index (χ1) is 11.3. The number of esters is 1. The Labute approximate surface area is 146 Å². The van der Waals surface area contributed by atoms with Gasteiger partial charge in [0.05, 0.1) is 0 Å². The van der Waals surface area contributed by atoms with Gasteiger partial charge in [0.25, 0.3) is 5.91 Å². The molecule has 128 valence electrons. The first kappa shape index (κ1) is 16.8. The normalized spacial score (nSPS) is 20.4. The highest BCUT2D eigenvalue weighted by molar-refractivity contribution is 6.30. The number of hydrogen-bond acceptors (Lipinski definition) is 4. The molecule has 0 saturated carbocycles. The smallest absolute Gasteiger partial charge is 0.344 e. The van der Waals surface area contributed by atoms with Crippen molar-refractivity contribution < 1.29 is 14.3 Å². The number of anilines is 1. The SMILES string of the molecule is CC1=C(C(=O)N2CCN(c3cccc(Cl)c3)CC2)C(=O)OC1(C)C. The summed E-state index contributed by atoms with van der Waals surface area (Å²) >= 11 is 6.04. The van der Waals surface area contributed by atoms with Gasteiger partial charge in [0.2, 0.25) is 0 Å². The third kappa shape index (κ3) is 3.00. The molecule has 2 heterocycles. The molecule has 1 aromatic carbocycles. The maximum absolute atomic E-state index is 12.7. The van der Waals surface area contributed by atoms with Gasteiger partial charge in [-0.2, -0.15) is 0 Å². The fourth-order valence-electron chi connectivity index (χ4n) is 3.06. The molecule has 0 aromatic heterocycles. The molecule has 2 aliphatic rings. The van der Waals surface area contributed by atoms with Crippen LogP contribution in [-0.2, 0) is 14.3 Å². The first-order valence-corrected chi connectivity index (χ1v) is 8.42. The van der Waals surface area contributed by atoms with Gasteiger partial charge < -0.3 is 14.5 Å². The Morgan fingerprint density at radius 3 is 2.42 bits per heavy atom. The summed E-state index contributed by atoms with van der Waals surface area (Å²) in [5.41, 5.74) is 1.24. The van der Waals surface area contributed by atoms with Crippen LogP contribution < -0.4 is 4.90 Å². The molecule has 3 rings (SSSR count). The third-order valence-electron chi connectivity index (χ3n) is 4.78. The summed E-state index contributed by atoms with van der Waals surface area (Å²) in [6, 6.07) is 7.68. The molecule has 24 heavy (non-hydrogen) atoms. The van der Waals surface area contributed by atoms with E-state index in [9.17, 15) is 9.59 Å². The number of piperazine rings is 1. The van der Waals surface area contributed by atoms with E-state index in [1.54, 1.807) is 25.7 Å². The van der Waals surface area contributed by atoms with Crippen LogP contribution >= 0.6 is 11.6 Å². The van der Waals surface area contributed by atoms with Crippen LogP contribution in [0.4, 0.5) is 5.69 Å². The predicted molar refractivity (Wildman–Crippen MR) is 93.1 cm³/mol. The van der Waals surface area contributed by atoms with Crippen molar-refractivity contribution in [2.24, 2.45) is 0 Å². The Hall–Kier alpha value is -2.01. The topological polar surface area (TPSA) is 49.9 Å².